The third-order valence-electron chi connectivity index (χ3n) is 3.74. The Morgan fingerprint density at radius 1 is 1.28 bits per heavy atom. The molecule has 1 aromatic carbocycles. The third-order valence-corrected chi connectivity index (χ3v) is 3.74. The molecule has 1 aliphatic carbocycles. The van der Waals surface area contributed by atoms with Crippen LogP contribution in [0.4, 0.5) is 8.78 Å². The van der Waals surface area contributed by atoms with Crippen LogP contribution in [0.5, 0.6) is 0 Å². The van der Waals surface area contributed by atoms with Gasteiger partial charge in [-0.3, -0.25) is 0 Å². The fraction of sp³-hybridized carbons (Fsp3) is 0.600. The minimum Gasteiger partial charge on any atom is -0.305 e. The lowest BCUT2D eigenvalue weighted by Gasteiger charge is -2.30. The first-order valence-corrected chi connectivity index (χ1v) is 6.84. The summed E-state index contributed by atoms with van der Waals surface area (Å²) in [6.45, 7) is 2.63. The molecule has 1 aliphatic rings. The Kier molecular flexibility index (Phi) is 4.70. The second-order valence-corrected chi connectivity index (χ2v) is 5.02. The summed E-state index contributed by atoms with van der Waals surface area (Å²) in [4.78, 5) is 0. The first-order chi connectivity index (χ1) is 8.74. The molecule has 1 nitrogen and oxygen atoms in total. The van der Waals surface area contributed by atoms with Crippen molar-refractivity contribution in [1.82, 2.24) is 5.32 Å². The molecule has 0 radical (unpaired) electrons. The van der Waals surface area contributed by atoms with Crippen molar-refractivity contribution < 1.29 is 8.78 Å². The van der Waals surface area contributed by atoms with Crippen LogP contribution < -0.4 is 5.32 Å². The molecule has 0 bridgehead atoms. The van der Waals surface area contributed by atoms with Crippen molar-refractivity contribution >= 4 is 0 Å². The van der Waals surface area contributed by atoms with Crippen molar-refractivity contribution in [3.8, 4) is 0 Å². The average molecular weight is 253 g/mol. The van der Waals surface area contributed by atoms with Crippen LogP contribution in [0.2, 0.25) is 0 Å². The lowest BCUT2D eigenvalue weighted by atomic mass is 9.77. The Labute approximate surface area is 108 Å². The molecule has 1 N–H and O–H groups in total. The molecule has 3 heteroatoms. The smallest absolute Gasteiger partial charge is 0.257 e. The zero-order valence-electron chi connectivity index (χ0n) is 10.8. The van der Waals surface area contributed by atoms with Gasteiger partial charge in [0.15, 0.2) is 0 Å². The lowest BCUT2D eigenvalue weighted by Crippen LogP contribution is -2.29. The summed E-state index contributed by atoms with van der Waals surface area (Å²) in [6.07, 6.45) is 2.02. The minimum absolute atomic E-state index is 0.492. The molecule has 100 valence electrons. The Hall–Kier alpha value is -0.960. The van der Waals surface area contributed by atoms with Gasteiger partial charge in [-0.1, -0.05) is 37.6 Å². The molecule has 0 heterocycles. The first-order valence-electron chi connectivity index (χ1n) is 6.84. The van der Waals surface area contributed by atoms with E-state index in [0.29, 0.717) is 12.5 Å². The van der Waals surface area contributed by atoms with E-state index in [1.807, 2.05) is 31.2 Å². The largest absolute Gasteiger partial charge is 0.305 e. The molecule has 0 amide bonds. The minimum atomic E-state index is -2.35. The second-order valence-electron chi connectivity index (χ2n) is 5.02. The van der Waals surface area contributed by atoms with Crippen molar-refractivity contribution in [1.29, 1.82) is 0 Å². The maximum absolute atomic E-state index is 13.2. The molecule has 1 saturated carbocycles. The number of hydrogen-bond donors (Lipinski definition) is 1. The summed E-state index contributed by atoms with van der Waals surface area (Å²) < 4.78 is 26.4. The third kappa shape index (κ3) is 2.89. The van der Waals surface area contributed by atoms with Gasteiger partial charge in [0, 0.05) is 0 Å². The second kappa shape index (κ2) is 6.28. The molecule has 0 spiro atoms. The Bertz CT molecular complexity index is 375. The van der Waals surface area contributed by atoms with E-state index < -0.39 is 12.5 Å². The van der Waals surface area contributed by atoms with Crippen molar-refractivity contribution in [3.05, 3.63) is 35.4 Å². The Morgan fingerprint density at radius 3 is 2.56 bits per heavy atom. The van der Waals surface area contributed by atoms with Gasteiger partial charge >= 0.3 is 0 Å². The molecular formula is C15H21F2N. The number of benzene rings is 1. The molecular weight excluding hydrogens is 232 g/mol. The molecule has 18 heavy (non-hydrogen) atoms. The molecule has 0 aliphatic heterocycles. The van der Waals surface area contributed by atoms with Crippen LogP contribution in [0, 0.1) is 0 Å². The van der Waals surface area contributed by atoms with E-state index >= 15 is 0 Å². The van der Waals surface area contributed by atoms with Crippen molar-refractivity contribution in [3.63, 3.8) is 0 Å². The Morgan fingerprint density at radius 2 is 2.00 bits per heavy atom. The highest BCUT2D eigenvalue weighted by Gasteiger charge is 2.28. The van der Waals surface area contributed by atoms with Crippen LogP contribution in [0.3, 0.4) is 0 Å². The van der Waals surface area contributed by atoms with Gasteiger partial charge in [0.05, 0.1) is 6.04 Å². The van der Waals surface area contributed by atoms with Gasteiger partial charge in [-0.05, 0) is 42.9 Å². The van der Waals surface area contributed by atoms with E-state index in [2.05, 4.69) is 5.32 Å². The van der Waals surface area contributed by atoms with Gasteiger partial charge in [0.25, 0.3) is 6.43 Å². The summed E-state index contributed by atoms with van der Waals surface area (Å²) in [6, 6.07) is 6.87. The zero-order chi connectivity index (χ0) is 13.0. The highest BCUT2D eigenvalue weighted by atomic mass is 19.3. The predicted octanol–water partition coefficient (Wildman–Crippen LogP) is 4.26. The van der Waals surface area contributed by atoms with E-state index in [-0.39, 0.29) is 0 Å². The summed E-state index contributed by atoms with van der Waals surface area (Å²) >= 11 is 0. The van der Waals surface area contributed by atoms with Gasteiger partial charge in [0.2, 0.25) is 0 Å². The van der Waals surface area contributed by atoms with Gasteiger partial charge in [-0.2, -0.15) is 0 Å². The number of halogens is 2. The van der Waals surface area contributed by atoms with Crippen molar-refractivity contribution in [2.45, 2.75) is 51.0 Å². The zero-order valence-corrected chi connectivity index (χ0v) is 10.8. The van der Waals surface area contributed by atoms with Crippen LogP contribution >= 0.6 is 0 Å². The Balaban J connectivity index is 2.22. The number of rotatable bonds is 6. The molecule has 1 aromatic rings. The topological polar surface area (TPSA) is 12.0 Å². The maximum Gasteiger partial charge on any atom is 0.257 e. The number of hydrogen-bond acceptors (Lipinski definition) is 1. The predicted molar refractivity (Wildman–Crippen MR) is 70.1 cm³/mol. The van der Waals surface area contributed by atoms with Gasteiger partial charge < -0.3 is 5.32 Å². The summed E-state index contributed by atoms with van der Waals surface area (Å²) in [5, 5.41) is 2.98. The summed E-state index contributed by atoms with van der Waals surface area (Å²) in [5.41, 5.74) is 1.92. The quantitative estimate of drug-likeness (QED) is 0.798. The highest BCUT2D eigenvalue weighted by Crippen LogP contribution is 2.40. The van der Waals surface area contributed by atoms with Gasteiger partial charge in [-0.25, -0.2) is 8.78 Å². The average Bonchev–Trinajstić information content (AvgIpc) is 2.29. The monoisotopic (exact) mass is 253 g/mol. The number of alkyl halides is 2. The van der Waals surface area contributed by atoms with Crippen LogP contribution in [0.1, 0.15) is 55.7 Å². The fourth-order valence-electron chi connectivity index (χ4n) is 2.52. The SMILES string of the molecule is CCCNC(c1ccccc1C1CCC1)C(F)F. The number of nitrogens with one attached hydrogen (secondary N) is 1. The van der Waals surface area contributed by atoms with Crippen LogP contribution in [-0.4, -0.2) is 13.0 Å². The van der Waals surface area contributed by atoms with Crippen molar-refractivity contribution in [2.75, 3.05) is 6.54 Å². The molecule has 0 aromatic heterocycles. The van der Waals surface area contributed by atoms with Crippen LogP contribution in [-0.2, 0) is 0 Å². The maximum atomic E-state index is 13.2. The van der Waals surface area contributed by atoms with E-state index in [0.717, 1.165) is 30.4 Å². The summed E-state index contributed by atoms with van der Waals surface area (Å²) in [7, 11) is 0. The molecule has 1 unspecified atom stereocenters. The summed E-state index contributed by atoms with van der Waals surface area (Å²) in [5.74, 6) is 0.492. The van der Waals surface area contributed by atoms with Crippen LogP contribution in [0.25, 0.3) is 0 Å². The van der Waals surface area contributed by atoms with E-state index in [4.69, 9.17) is 0 Å². The van der Waals surface area contributed by atoms with Crippen LogP contribution in [0.15, 0.2) is 24.3 Å². The standard InChI is InChI=1S/C15H21F2N/c1-2-10-18-14(15(16)17)13-9-4-3-8-12(13)11-6-5-7-11/h3-4,8-9,11,14-15,18H,2,5-7,10H2,1H3. The van der Waals surface area contributed by atoms with Gasteiger partial charge in [0.1, 0.15) is 0 Å². The van der Waals surface area contributed by atoms with E-state index in [1.165, 1.54) is 6.42 Å². The normalized spacial score (nSPS) is 17.8. The van der Waals surface area contributed by atoms with Gasteiger partial charge in [-0.15, -0.1) is 0 Å². The molecule has 0 saturated heterocycles. The molecule has 1 fully saturated rings. The highest BCUT2D eigenvalue weighted by molar-refractivity contribution is 5.34. The van der Waals surface area contributed by atoms with Crippen molar-refractivity contribution in [2.24, 2.45) is 0 Å². The fourth-order valence-corrected chi connectivity index (χ4v) is 2.52. The first kappa shape index (κ1) is 13.5. The van der Waals surface area contributed by atoms with E-state index in [9.17, 15) is 8.78 Å². The lowest BCUT2D eigenvalue weighted by molar-refractivity contribution is 0.0976. The molecule has 1 atom stereocenters. The molecule has 2 rings (SSSR count). The van der Waals surface area contributed by atoms with E-state index in [1.54, 1.807) is 0 Å².